The molecule has 3 N–H and O–H groups in total. The molecule has 0 saturated carbocycles. The summed E-state index contributed by atoms with van der Waals surface area (Å²) in [5, 5.41) is 13.1. The van der Waals surface area contributed by atoms with E-state index in [0.717, 1.165) is 0 Å². The number of methoxy groups -OCH3 is 1. The topological polar surface area (TPSA) is 123 Å². The number of nitro benzene ring substituents is 1. The molecule has 26 heavy (non-hydrogen) atoms. The highest BCUT2D eigenvalue weighted by Gasteiger charge is 2.19. The summed E-state index contributed by atoms with van der Waals surface area (Å²) in [5.74, 6) is -0.956. The third kappa shape index (κ3) is 4.51. The van der Waals surface area contributed by atoms with E-state index in [1.807, 2.05) is 0 Å². The average Bonchev–Trinajstić information content (AvgIpc) is 2.65. The maximum Gasteiger partial charge on any atom is 0.282 e. The number of nitro groups is 1. The zero-order valence-electron chi connectivity index (χ0n) is 13.5. The smallest absolute Gasteiger partial charge is 0.282 e. The molecule has 2 aromatic carbocycles. The molecule has 0 heterocycles. The largest absolute Gasteiger partial charge is 0.496 e. The average molecular weight is 374 g/mol. The number of benzene rings is 2. The second-order valence-corrected chi connectivity index (χ2v) is 5.25. The number of hydrogen-bond donors (Lipinski definition) is 3. The van der Waals surface area contributed by atoms with Crippen molar-refractivity contribution < 1.29 is 19.2 Å². The highest BCUT2D eigenvalue weighted by atomic mass is 32.1. The van der Waals surface area contributed by atoms with Crippen LogP contribution in [-0.4, -0.2) is 29.0 Å². The molecular formula is C16H14N4O5S. The van der Waals surface area contributed by atoms with E-state index in [4.69, 9.17) is 17.0 Å². The fourth-order valence-electron chi connectivity index (χ4n) is 2.04. The Bertz CT molecular complexity index is 871. The van der Waals surface area contributed by atoms with Gasteiger partial charge in [0.25, 0.3) is 17.5 Å². The van der Waals surface area contributed by atoms with Gasteiger partial charge in [0, 0.05) is 6.07 Å². The maximum absolute atomic E-state index is 12.2. The molecule has 0 aliphatic carbocycles. The monoisotopic (exact) mass is 374 g/mol. The van der Waals surface area contributed by atoms with Crippen LogP contribution in [0.5, 0.6) is 5.75 Å². The normalized spacial score (nSPS) is 9.73. The van der Waals surface area contributed by atoms with Gasteiger partial charge in [-0.25, -0.2) is 0 Å². The van der Waals surface area contributed by atoms with Crippen molar-refractivity contribution in [1.82, 2.24) is 16.2 Å². The fourth-order valence-corrected chi connectivity index (χ4v) is 2.18. The van der Waals surface area contributed by atoms with Gasteiger partial charge < -0.3 is 4.74 Å². The van der Waals surface area contributed by atoms with Gasteiger partial charge in [-0.1, -0.05) is 24.3 Å². The first-order valence-corrected chi connectivity index (χ1v) is 7.63. The van der Waals surface area contributed by atoms with Gasteiger partial charge in [-0.05, 0) is 30.4 Å². The number of hydrazine groups is 1. The Morgan fingerprint density at radius 3 is 2.27 bits per heavy atom. The lowest BCUT2D eigenvalue weighted by Crippen LogP contribution is -2.48. The van der Waals surface area contributed by atoms with Crippen LogP contribution in [-0.2, 0) is 0 Å². The molecule has 0 spiro atoms. The second kappa shape index (κ2) is 8.53. The predicted molar refractivity (Wildman–Crippen MR) is 96.8 cm³/mol. The third-order valence-corrected chi connectivity index (χ3v) is 3.42. The van der Waals surface area contributed by atoms with Crippen molar-refractivity contribution in [3.05, 3.63) is 69.8 Å². The maximum atomic E-state index is 12.2. The second-order valence-electron chi connectivity index (χ2n) is 4.84. The summed E-state index contributed by atoms with van der Waals surface area (Å²) in [4.78, 5) is 34.5. The van der Waals surface area contributed by atoms with Crippen LogP contribution in [0, 0.1) is 10.1 Å². The number of carbonyl (C=O) groups excluding carboxylic acids is 2. The Kier molecular flexibility index (Phi) is 6.17. The van der Waals surface area contributed by atoms with Crippen LogP contribution in [0.1, 0.15) is 20.7 Å². The molecule has 134 valence electrons. The minimum atomic E-state index is -0.772. The van der Waals surface area contributed by atoms with Crippen LogP contribution in [0.3, 0.4) is 0 Å². The first-order chi connectivity index (χ1) is 12.4. The molecule has 0 fully saturated rings. The van der Waals surface area contributed by atoms with Crippen LogP contribution < -0.4 is 20.9 Å². The fraction of sp³-hybridized carbons (Fsp3) is 0.0625. The lowest BCUT2D eigenvalue weighted by Gasteiger charge is -2.12. The van der Waals surface area contributed by atoms with E-state index in [1.54, 1.807) is 24.3 Å². The van der Waals surface area contributed by atoms with E-state index < -0.39 is 16.7 Å². The summed E-state index contributed by atoms with van der Waals surface area (Å²) in [6.07, 6.45) is 0. The van der Waals surface area contributed by atoms with E-state index in [2.05, 4.69) is 16.2 Å². The van der Waals surface area contributed by atoms with Gasteiger partial charge in [-0.2, -0.15) is 0 Å². The Morgan fingerprint density at radius 1 is 1.00 bits per heavy atom. The van der Waals surface area contributed by atoms with Gasteiger partial charge in [0.15, 0.2) is 5.11 Å². The number of amides is 2. The molecule has 2 rings (SSSR count). The van der Waals surface area contributed by atoms with Gasteiger partial charge in [0.2, 0.25) is 0 Å². The molecule has 0 bridgehead atoms. The van der Waals surface area contributed by atoms with Crippen molar-refractivity contribution in [1.29, 1.82) is 0 Å². The van der Waals surface area contributed by atoms with Crippen molar-refractivity contribution in [3.8, 4) is 5.75 Å². The molecule has 0 aromatic heterocycles. The summed E-state index contributed by atoms with van der Waals surface area (Å²) in [6, 6.07) is 12.0. The lowest BCUT2D eigenvalue weighted by atomic mass is 10.2. The predicted octanol–water partition coefficient (Wildman–Crippen LogP) is 1.55. The zero-order valence-corrected chi connectivity index (χ0v) is 14.3. The number of rotatable bonds is 4. The minimum Gasteiger partial charge on any atom is -0.496 e. The van der Waals surface area contributed by atoms with Crippen molar-refractivity contribution >= 4 is 34.8 Å². The first kappa shape index (κ1) is 18.8. The van der Waals surface area contributed by atoms with E-state index in [9.17, 15) is 19.7 Å². The molecule has 9 nitrogen and oxygen atoms in total. The minimum absolute atomic E-state index is 0.149. The molecule has 0 unspecified atom stereocenters. The Balaban J connectivity index is 1.98. The van der Waals surface area contributed by atoms with Crippen LogP contribution in [0.2, 0.25) is 0 Å². The van der Waals surface area contributed by atoms with Crippen molar-refractivity contribution in [3.63, 3.8) is 0 Å². The molecule has 0 atom stereocenters. The molecule has 0 saturated heterocycles. The summed E-state index contributed by atoms with van der Waals surface area (Å²) in [6.45, 7) is 0. The van der Waals surface area contributed by atoms with Gasteiger partial charge in [0.05, 0.1) is 17.6 Å². The zero-order chi connectivity index (χ0) is 19.1. The van der Waals surface area contributed by atoms with Gasteiger partial charge in [0.1, 0.15) is 11.3 Å². The summed E-state index contributed by atoms with van der Waals surface area (Å²) >= 11 is 4.93. The number of nitrogens with zero attached hydrogens (tertiary/aromatic N) is 1. The van der Waals surface area contributed by atoms with E-state index >= 15 is 0 Å². The highest BCUT2D eigenvalue weighted by molar-refractivity contribution is 7.80. The highest BCUT2D eigenvalue weighted by Crippen LogP contribution is 2.17. The summed E-state index contributed by atoms with van der Waals surface area (Å²) in [5.41, 5.74) is 4.27. The van der Waals surface area contributed by atoms with Crippen molar-refractivity contribution in [2.45, 2.75) is 0 Å². The van der Waals surface area contributed by atoms with Crippen LogP contribution in [0.4, 0.5) is 5.69 Å². The lowest BCUT2D eigenvalue weighted by molar-refractivity contribution is -0.385. The number of nitrogens with one attached hydrogen (secondary N) is 3. The molecule has 2 amide bonds. The number of hydrogen-bond acceptors (Lipinski definition) is 6. The van der Waals surface area contributed by atoms with Crippen LogP contribution in [0.25, 0.3) is 0 Å². The number of thiocarbonyl (C=S) groups is 1. The molecule has 0 aliphatic rings. The summed E-state index contributed by atoms with van der Waals surface area (Å²) in [7, 11) is 1.43. The Labute approximate surface area is 153 Å². The number of para-hydroxylation sites is 2. The van der Waals surface area contributed by atoms with E-state index in [1.165, 1.54) is 31.4 Å². The molecule has 2 aromatic rings. The van der Waals surface area contributed by atoms with Crippen LogP contribution in [0.15, 0.2) is 48.5 Å². The van der Waals surface area contributed by atoms with Crippen molar-refractivity contribution in [2.75, 3.05) is 7.11 Å². The van der Waals surface area contributed by atoms with E-state index in [-0.39, 0.29) is 21.9 Å². The van der Waals surface area contributed by atoms with Gasteiger partial charge in [-0.15, -0.1) is 0 Å². The number of carbonyl (C=O) groups is 2. The molecule has 0 aliphatic heterocycles. The molecule has 10 heteroatoms. The summed E-state index contributed by atoms with van der Waals surface area (Å²) < 4.78 is 5.08. The van der Waals surface area contributed by atoms with Crippen LogP contribution >= 0.6 is 12.2 Å². The van der Waals surface area contributed by atoms with E-state index in [0.29, 0.717) is 5.75 Å². The molecule has 0 radical (unpaired) electrons. The van der Waals surface area contributed by atoms with Gasteiger partial charge >= 0.3 is 0 Å². The van der Waals surface area contributed by atoms with Crippen molar-refractivity contribution in [2.24, 2.45) is 0 Å². The standard InChI is InChI=1S/C16H14N4O5S/c1-25-13-9-5-3-7-11(13)14(21)17-16(26)19-18-15(22)10-6-2-4-8-12(10)20(23)24/h2-9H,1H3,(H,18,22)(H2,17,19,21,26). The Hall–Kier alpha value is -3.53. The third-order valence-electron chi connectivity index (χ3n) is 3.21. The number of ether oxygens (including phenoxy) is 1. The SMILES string of the molecule is COc1ccccc1C(=O)NC(=S)NNC(=O)c1ccccc1[N+](=O)[O-]. The quantitative estimate of drug-likeness (QED) is 0.421. The first-order valence-electron chi connectivity index (χ1n) is 7.22. The Morgan fingerprint density at radius 2 is 1.62 bits per heavy atom. The molecular weight excluding hydrogens is 360 g/mol. The van der Waals surface area contributed by atoms with Gasteiger partial charge in [-0.3, -0.25) is 35.9 Å².